The minimum atomic E-state index is -0.824. The van der Waals surface area contributed by atoms with Gasteiger partial charge in [0.25, 0.3) is 0 Å². The van der Waals surface area contributed by atoms with Gasteiger partial charge in [-0.1, -0.05) is 29.8 Å². The number of esters is 2. The van der Waals surface area contributed by atoms with E-state index in [-0.39, 0.29) is 36.8 Å². The maximum Gasteiger partial charge on any atom is 0.325 e. The maximum absolute atomic E-state index is 12.3. The van der Waals surface area contributed by atoms with Crippen molar-refractivity contribution in [1.29, 1.82) is 0 Å². The fraction of sp³-hybridized carbons (Fsp3) is 0.600. The molecule has 0 bridgehead atoms. The minimum Gasteiger partial charge on any atom is -0.458 e. The van der Waals surface area contributed by atoms with Crippen molar-refractivity contribution in [3.05, 3.63) is 35.4 Å². The summed E-state index contributed by atoms with van der Waals surface area (Å²) in [6, 6.07) is 7.40. The number of ether oxygens (including phenoxy) is 3. The molecule has 2 aliphatic rings. The molecule has 4 atom stereocenters. The summed E-state index contributed by atoms with van der Waals surface area (Å²) in [5, 5.41) is 0. The molecule has 0 radical (unpaired) electrons. The highest BCUT2D eigenvalue weighted by Gasteiger charge is 2.39. The number of nitrogens with two attached hydrogens (primary N) is 1. The molecule has 6 nitrogen and oxygen atoms in total. The molecule has 0 spiro atoms. The third-order valence-electron chi connectivity index (χ3n) is 4.94. The molecule has 1 aliphatic heterocycles. The lowest BCUT2D eigenvalue weighted by molar-refractivity contribution is -0.172. The number of cyclic esters (lactones) is 1. The molecule has 1 aliphatic carbocycles. The van der Waals surface area contributed by atoms with Crippen LogP contribution in [0.15, 0.2) is 24.3 Å². The van der Waals surface area contributed by atoms with Gasteiger partial charge < -0.3 is 19.9 Å². The van der Waals surface area contributed by atoms with Crippen molar-refractivity contribution in [3.63, 3.8) is 0 Å². The first kappa shape index (κ1) is 21.7. The molecule has 1 aromatic carbocycles. The number of rotatable bonds is 4. The molecule has 1 aromatic rings. The van der Waals surface area contributed by atoms with Gasteiger partial charge in [-0.2, -0.15) is 0 Å². The van der Waals surface area contributed by atoms with E-state index >= 15 is 0 Å². The van der Waals surface area contributed by atoms with Crippen LogP contribution < -0.4 is 5.73 Å². The predicted molar refractivity (Wildman–Crippen MR) is 103 cm³/mol. The molecule has 1 saturated heterocycles. The van der Waals surface area contributed by atoms with Crippen molar-refractivity contribution >= 4 is 24.3 Å². The Morgan fingerprint density at radius 3 is 2.52 bits per heavy atom. The van der Waals surface area contributed by atoms with Gasteiger partial charge in [0.15, 0.2) is 0 Å². The number of hydrogen-bond donors (Lipinski definition) is 1. The highest BCUT2D eigenvalue weighted by Crippen LogP contribution is 2.32. The molecule has 0 amide bonds. The van der Waals surface area contributed by atoms with Gasteiger partial charge in [0, 0.05) is 5.92 Å². The summed E-state index contributed by atoms with van der Waals surface area (Å²) in [5.41, 5.74) is 8.10. The van der Waals surface area contributed by atoms with Gasteiger partial charge in [0.05, 0.1) is 19.1 Å². The van der Waals surface area contributed by atoms with Gasteiger partial charge in [0.2, 0.25) is 0 Å². The van der Waals surface area contributed by atoms with Crippen molar-refractivity contribution in [3.8, 4) is 0 Å². The zero-order chi connectivity index (χ0) is 18.7. The highest BCUT2D eigenvalue weighted by molar-refractivity contribution is 5.85. The summed E-state index contributed by atoms with van der Waals surface area (Å²) in [4.78, 5) is 24.3. The number of carbonyl (C=O) groups is 2. The largest absolute Gasteiger partial charge is 0.458 e. The quantitative estimate of drug-likeness (QED) is 0.783. The Kier molecular flexibility index (Phi) is 7.65. The molecular formula is C20H28ClNO5. The number of hydrogen-bond acceptors (Lipinski definition) is 6. The number of aryl methyl sites for hydroxylation is 1. The van der Waals surface area contributed by atoms with E-state index in [0.717, 1.165) is 18.4 Å². The first-order chi connectivity index (χ1) is 12.4. The highest BCUT2D eigenvalue weighted by atomic mass is 35.5. The summed E-state index contributed by atoms with van der Waals surface area (Å²) in [7, 11) is 0. The van der Waals surface area contributed by atoms with Crippen LogP contribution in [-0.2, 0) is 30.2 Å². The summed E-state index contributed by atoms with van der Waals surface area (Å²) in [6.45, 7) is 4.24. The summed E-state index contributed by atoms with van der Waals surface area (Å²) < 4.78 is 16.9. The lowest BCUT2D eigenvalue weighted by Crippen LogP contribution is -2.43. The van der Waals surface area contributed by atoms with Crippen LogP contribution >= 0.6 is 12.4 Å². The van der Waals surface area contributed by atoms with Crippen molar-refractivity contribution in [2.75, 3.05) is 13.2 Å². The standard InChI is InChI=1S/C20H27NO5.ClH/c1-12-3-5-14(6-4-12)9-16-10-24-11-17(21)20(23)25-13(2)18(16)26-19(22)15-7-8-15;/h3-6,13,15-18H,7-11,21H2,1-2H3;1H/t13-,16-,17-,18-;/m0./s1. The van der Waals surface area contributed by atoms with Crippen molar-refractivity contribution in [2.45, 2.75) is 51.4 Å². The lowest BCUT2D eigenvalue weighted by Gasteiger charge is -2.30. The van der Waals surface area contributed by atoms with Crippen molar-refractivity contribution in [2.24, 2.45) is 17.6 Å². The van der Waals surface area contributed by atoms with Crippen LogP contribution in [-0.4, -0.2) is 43.4 Å². The van der Waals surface area contributed by atoms with E-state index < -0.39 is 24.2 Å². The van der Waals surface area contributed by atoms with Gasteiger partial charge in [-0.15, -0.1) is 12.4 Å². The number of carbonyl (C=O) groups excluding carboxylic acids is 2. The zero-order valence-electron chi connectivity index (χ0n) is 15.8. The van der Waals surface area contributed by atoms with Gasteiger partial charge >= 0.3 is 11.9 Å². The topological polar surface area (TPSA) is 87.8 Å². The second-order valence-electron chi connectivity index (χ2n) is 7.41. The van der Waals surface area contributed by atoms with Gasteiger partial charge in [-0.25, -0.2) is 0 Å². The van der Waals surface area contributed by atoms with Crippen molar-refractivity contribution < 1.29 is 23.8 Å². The average molecular weight is 398 g/mol. The summed E-state index contributed by atoms with van der Waals surface area (Å²) >= 11 is 0. The third-order valence-corrected chi connectivity index (χ3v) is 4.94. The fourth-order valence-electron chi connectivity index (χ4n) is 3.17. The van der Waals surface area contributed by atoms with Crippen LogP contribution in [0.2, 0.25) is 0 Å². The summed E-state index contributed by atoms with van der Waals surface area (Å²) in [5.74, 6) is -0.876. The molecule has 0 unspecified atom stereocenters. The second-order valence-corrected chi connectivity index (χ2v) is 7.41. The van der Waals surface area contributed by atoms with Gasteiger partial charge in [-0.05, 0) is 38.7 Å². The van der Waals surface area contributed by atoms with E-state index in [1.54, 1.807) is 6.92 Å². The zero-order valence-corrected chi connectivity index (χ0v) is 16.6. The Labute approximate surface area is 166 Å². The van der Waals surface area contributed by atoms with Crippen LogP contribution in [0.1, 0.15) is 30.9 Å². The minimum absolute atomic E-state index is 0. The van der Waals surface area contributed by atoms with E-state index in [2.05, 4.69) is 24.3 Å². The molecule has 2 fully saturated rings. The Morgan fingerprint density at radius 1 is 1.22 bits per heavy atom. The van der Waals surface area contributed by atoms with Crippen molar-refractivity contribution in [1.82, 2.24) is 0 Å². The third kappa shape index (κ3) is 5.92. The van der Waals surface area contributed by atoms with Crippen LogP contribution in [0.3, 0.4) is 0 Å². The molecule has 0 aromatic heterocycles. The first-order valence-electron chi connectivity index (χ1n) is 9.24. The normalized spacial score (nSPS) is 28.8. The molecule has 7 heteroatoms. The van der Waals surface area contributed by atoms with Gasteiger partial charge in [0.1, 0.15) is 18.2 Å². The summed E-state index contributed by atoms with van der Waals surface area (Å²) in [6.07, 6.45) is 1.26. The van der Waals surface area contributed by atoms with E-state index in [1.165, 1.54) is 5.56 Å². The van der Waals surface area contributed by atoms with E-state index in [4.69, 9.17) is 19.9 Å². The molecule has 3 rings (SSSR count). The van der Waals surface area contributed by atoms with E-state index in [9.17, 15) is 9.59 Å². The number of benzene rings is 1. The fourth-order valence-corrected chi connectivity index (χ4v) is 3.17. The Morgan fingerprint density at radius 2 is 1.89 bits per heavy atom. The van der Waals surface area contributed by atoms with Crippen LogP contribution in [0, 0.1) is 18.8 Å². The molecular weight excluding hydrogens is 370 g/mol. The maximum atomic E-state index is 12.3. The van der Waals surface area contributed by atoms with Crippen LogP contribution in [0.25, 0.3) is 0 Å². The Hall–Kier alpha value is -1.63. The molecule has 1 saturated carbocycles. The molecule has 1 heterocycles. The van der Waals surface area contributed by atoms with E-state index in [0.29, 0.717) is 13.0 Å². The molecule has 27 heavy (non-hydrogen) atoms. The van der Waals surface area contributed by atoms with E-state index in [1.807, 2.05) is 6.92 Å². The van der Waals surface area contributed by atoms with Crippen LogP contribution in [0.4, 0.5) is 0 Å². The first-order valence-corrected chi connectivity index (χ1v) is 9.24. The monoisotopic (exact) mass is 397 g/mol. The average Bonchev–Trinajstić information content (AvgIpc) is 3.44. The SMILES string of the molecule is Cc1ccc(C[C@H]2COC[C@H](N)C(=O)O[C@@H](C)[C@@H]2OC(=O)C2CC2)cc1.Cl. The Balaban J connectivity index is 0.00000261. The van der Waals surface area contributed by atoms with Gasteiger partial charge in [-0.3, -0.25) is 9.59 Å². The Bertz CT molecular complexity index is 646. The second kappa shape index (κ2) is 9.53. The molecule has 2 N–H and O–H groups in total. The predicted octanol–water partition coefficient (Wildman–Crippen LogP) is 2.19. The molecule has 150 valence electrons. The number of halogens is 1. The smallest absolute Gasteiger partial charge is 0.325 e. The van der Waals surface area contributed by atoms with Crippen LogP contribution in [0.5, 0.6) is 0 Å². The lowest BCUT2D eigenvalue weighted by atomic mass is 9.91.